The third-order valence-corrected chi connectivity index (χ3v) is 5.65. The van der Waals surface area contributed by atoms with Gasteiger partial charge in [0.15, 0.2) is 0 Å². The van der Waals surface area contributed by atoms with Gasteiger partial charge in [0.2, 0.25) is 0 Å². The zero-order valence-corrected chi connectivity index (χ0v) is 18.4. The second kappa shape index (κ2) is 11.0. The van der Waals surface area contributed by atoms with E-state index in [-0.39, 0.29) is 11.1 Å². The second-order valence-electron chi connectivity index (χ2n) is 6.55. The Balaban J connectivity index is 1.83. The number of hydrogen-bond donors (Lipinski definition) is 0. The van der Waals surface area contributed by atoms with Gasteiger partial charge in [0, 0.05) is 0 Å². The normalized spacial score (nSPS) is 10.3. The Morgan fingerprint density at radius 2 is 1.33 bits per heavy atom. The van der Waals surface area contributed by atoms with Gasteiger partial charge in [-0.25, -0.2) is 0 Å². The minimum absolute atomic E-state index is 0.0211. The van der Waals surface area contributed by atoms with Crippen LogP contribution in [0.2, 0.25) is 0 Å². The summed E-state index contributed by atoms with van der Waals surface area (Å²) in [5.74, 6) is 2.66. The Kier molecular flexibility index (Phi) is 7.61. The van der Waals surface area contributed by atoms with Gasteiger partial charge >= 0.3 is 0 Å². The van der Waals surface area contributed by atoms with Gasteiger partial charge in [-0.15, -0.1) is 11.3 Å². The van der Waals surface area contributed by atoms with E-state index in [9.17, 15) is 0 Å². The Hall–Kier alpha value is -4.82. The molecular weight excluding hydrogens is 432 g/mol. The predicted octanol–water partition coefficient (Wildman–Crippen LogP) is 6.80. The van der Waals surface area contributed by atoms with Crippen LogP contribution in [0.15, 0.2) is 74.6 Å². The topological polar surface area (TPSA) is 121 Å². The Morgan fingerprint density at radius 1 is 0.818 bits per heavy atom. The highest BCUT2D eigenvalue weighted by Crippen LogP contribution is 2.40. The van der Waals surface area contributed by atoms with Gasteiger partial charge in [0.25, 0.3) is 0 Å². The molecule has 0 bridgehead atoms. The maximum atomic E-state index is 8.78. The lowest BCUT2D eigenvalue weighted by Crippen LogP contribution is -1.77. The number of hydrogen-bond acceptors (Lipinski definition) is 7. The highest BCUT2D eigenvalue weighted by Gasteiger charge is 2.16. The Labute approximate surface area is 195 Å². The molecule has 0 aliphatic carbocycles. The number of nitrogens with zero attached hydrogens (tertiary/aromatic N) is 4. The maximum absolute atomic E-state index is 8.78. The number of aryl methyl sites for hydroxylation is 1. The van der Waals surface area contributed by atoms with Crippen molar-refractivity contribution in [1.82, 2.24) is 0 Å². The first kappa shape index (κ1) is 22.9. The van der Waals surface area contributed by atoms with Crippen LogP contribution < -0.4 is 0 Å². The monoisotopic (exact) mass is 448 g/mol. The van der Waals surface area contributed by atoms with E-state index in [1.54, 1.807) is 59.9 Å². The summed E-state index contributed by atoms with van der Waals surface area (Å²) in [6, 6.07) is 16.7. The average Bonchev–Trinajstić information content (AvgIpc) is 3.58. The molecule has 0 saturated carbocycles. The zero-order chi connectivity index (χ0) is 23.6. The van der Waals surface area contributed by atoms with Gasteiger partial charge in [-0.05, 0) is 66.6 Å². The van der Waals surface area contributed by atoms with Crippen molar-refractivity contribution >= 4 is 23.5 Å². The Bertz CT molecular complexity index is 1410. The predicted molar refractivity (Wildman–Crippen MR) is 126 cm³/mol. The second-order valence-corrected chi connectivity index (χ2v) is 7.60. The Morgan fingerprint density at radius 3 is 1.85 bits per heavy atom. The van der Waals surface area contributed by atoms with Crippen molar-refractivity contribution in [3.8, 4) is 45.6 Å². The highest BCUT2D eigenvalue weighted by molar-refractivity contribution is 7.18. The number of thiophene rings is 1. The highest BCUT2D eigenvalue weighted by atomic mass is 32.1. The SMILES string of the molecule is CCc1cc(-c2ccc(/C=C/C=C(C#N)C#N)o2)sc1-c1ccc(/C=C/C=C(C#N)C#N)o1. The van der Waals surface area contributed by atoms with E-state index in [4.69, 9.17) is 29.9 Å². The van der Waals surface area contributed by atoms with E-state index in [0.717, 1.165) is 27.5 Å². The number of allylic oxidation sites excluding steroid dienone is 6. The summed E-state index contributed by atoms with van der Waals surface area (Å²) in [7, 11) is 0. The van der Waals surface area contributed by atoms with Gasteiger partial charge in [0.1, 0.15) is 58.5 Å². The van der Waals surface area contributed by atoms with E-state index < -0.39 is 0 Å². The smallest absolute Gasteiger partial charge is 0.145 e. The molecule has 158 valence electrons. The summed E-state index contributed by atoms with van der Waals surface area (Å²) in [6.07, 6.45) is 10.3. The first-order chi connectivity index (χ1) is 16.1. The molecule has 6 nitrogen and oxygen atoms in total. The summed E-state index contributed by atoms with van der Waals surface area (Å²) < 4.78 is 11.8. The zero-order valence-electron chi connectivity index (χ0n) is 17.6. The van der Waals surface area contributed by atoms with Crippen LogP contribution in [0.25, 0.3) is 33.4 Å². The molecule has 0 atom stereocenters. The van der Waals surface area contributed by atoms with Crippen molar-refractivity contribution in [1.29, 1.82) is 21.0 Å². The molecule has 7 heteroatoms. The molecule has 0 unspecified atom stereocenters. The third kappa shape index (κ3) is 5.66. The van der Waals surface area contributed by atoms with Gasteiger partial charge in [-0.3, -0.25) is 0 Å². The lowest BCUT2D eigenvalue weighted by molar-refractivity contribution is 0.572. The van der Waals surface area contributed by atoms with Crippen LogP contribution >= 0.6 is 11.3 Å². The van der Waals surface area contributed by atoms with E-state index in [2.05, 4.69) is 13.0 Å². The van der Waals surface area contributed by atoms with Crippen LogP contribution in [0.4, 0.5) is 0 Å². The fourth-order valence-electron chi connectivity index (χ4n) is 2.84. The van der Waals surface area contributed by atoms with E-state index in [0.29, 0.717) is 17.3 Å². The molecule has 0 spiro atoms. The number of furan rings is 2. The van der Waals surface area contributed by atoms with Crippen LogP contribution in [0.3, 0.4) is 0 Å². The summed E-state index contributed by atoms with van der Waals surface area (Å²) in [6.45, 7) is 2.07. The molecule has 33 heavy (non-hydrogen) atoms. The van der Waals surface area contributed by atoms with Crippen molar-refractivity contribution in [3.63, 3.8) is 0 Å². The van der Waals surface area contributed by atoms with Crippen LogP contribution in [0, 0.1) is 45.3 Å². The average molecular weight is 449 g/mol. The fourth-order valence-corrected chi connectivity index (χ4v) is 4.01. The molecular formula is C26H16N4O2S. The maximum Gasteiger partial charge on any atom is 0.145 e. The van der Waals surface area contributed by atoms with Crippen LogP contribution in [0.5, 0.6) is 0 Å². The first-order valence-electron chi connectivity index (χ1n) is 9.82. The van der Waals surface area contributed by atoms with Gasteiger partial charge < -0.3 is 8.83 Å². The summed E-state index contributed by atoms with van der Waals surface area (Å²) in [5.41, 5.74) is 1.17. The van der Waals surface area contributed by atoms with Crippen LogP contribution in [0.1, 0.15) is 24.0 Å². The summed E-state index contributed by atoms with van der Waals surface area (Å²) in [4.78, 5) is 1.96. The molecule has 3 aromatic heterocycles. The molecule has 0 aliphatic rings. The molecule has 0 aromatic carbocycles. The molecule has 3 rings (SSSR count). The molecule has 0 N–H and O–H groups in total. The van der Waals surface area contributed by atoms with E-state index >= 15 is 0 Å². The van der Waals surface area contributed by atoms with Crippen molar-refractivity contribution in [3.05, 3.63) is 82.9 Å². The van der Waals surface area contributed by atoms with Gasteiger partial charge in [-0.2, -0.15) is 21.0 Å². The molecule has 3 heterocycles. The van der Waals surface area contributed by atoms with E-state index in [1.165, 1.54) is 12.2 Å². The third-order valence-electron chi connectivity index (χ3n) is 4.44. The molecule has 3 aromatic rings. The lowest BCUT2D eigenvalue weighted by atomic mass is 10.1. The summed E-state index contributed by atoms with van der Waals surface area (Å²) in [5, 5.41) is 35.1. The van der Waals surface area contributed by atoms with Crippen molar-refractivity contribution in [2.75, 3.05) is 0 Å². The van der Waals surface area contributed by atoms with Crippen molar-refractivity contribution < 1.29 is 8.83 Å². The number of rotatable bonds is 7. The van der Waals surface area contributed by atoms with Crippen molar-refractivity contribution in [2.45, 2.75) is 13.3 Å². The van der Waals surface area contributed by atoms with Crippen molar-refractivity contribution in [2.24, 2.45) is 0 Å². The molecule has 0 fully saturated rings. The van der Waals surface area contributed by atoms with Crippen LogP contribution in [-0.2, 0) is 6.42 Å². The standard InChI is InChI=1S/C26H16N4O2S/c1-2-20-13-25(23-11-9-21(31-23)7-3-5-18(14-27)15-28)33-26(20)24-12-10-22(32-24)8-4-6-19(16-29)17-30/h3-13H,2H2,1H3/b7-3+,8-4+. The quantitative estimate of drug-likeness (QED) is 0.289. The van der Waals surface area contributed by atoms with E-state index in [1.807, 2.05) is 24.3 Å². The summed E-state index contributed by atoms with van der Waals surface area (Å²) >= 11 is 1.56. The van der Waals surface area contributed by atoms with Gasteiger partial charge in [0.05, 0.1) is 9.75 Å². The molecule has 0 aliphatic heterocycles. The van der Waals surface area contributed by atoms with Gasteiger partial charge in [-0.1, -0.05) is 19.1 Å². The minimum atomic E-state index is 0.0211. The van der Waals surface area contributed by atoms with Crippen LogP contribution in [-0.4, -0.2) is 0 Å². The minimum Gasteiger partial charge on any atom is -0.456 e. The number of nitriles is 4. The fraction of sp³-hybridized carbons (Fsp3) is 0.0769. The first-order valence-corrected chi connectivity index (χ1v) is 10.6. The largest absolute Gasteiger partial charge is 0.456 e. The lowest BCUT2D eigenvalue weighted by Gasteiger charge is -1.96. The molecule has 0 amide bonds. The molecule has 0 radical (unpaired) electrons. The molecule has 0 saturated heterocycles.